The van der Waals surface area contributed by atoms with E-state index in [-0.39, 0.29) is 0 Å². The van der Waals surface area contributed by atoms with E-state index in [1.807, 2.05) is 6.07 Å². The fourth-order valence-corrected chi connectivity index (χ4v) is 3.16. The first-order valence-electron chi connectivity index (χ1n) is 7.37. The SMILES string of the molecule is CCCCCCCC(NCC)c1ccc(Br)cc1Cl. The van der Waals surface area contributed by atoms with Gasteiger partial charge in [-0.1, -0.05) is 79.5 Å². The average molecular weight is 347 g/mol. The first-order chi connectivity index (χ1) is 9.19. The molecular weight excluding hydrogens is 322 g/mol. The molecular formula is C16H25BrClN. The lowest BCUT2D eigenvalue weighted by atomic mass is 9.99. The molecule has 1 N–H and O–H groups in total. The third-order valence-corrected chi connectivity index (χ3v) is 4.21. The molecule has 1 unspecified atom stereocenters. The van der Waals surface area contributed by atoms with Crippen molar-refractivity contribution in [2.75, 3.05) is 6.54 Å². The Morgan fingerprint density at radius 1 is 1.16 bits per heavy atom. The quantitative estimate of drug-likeness (QED) is 0.532. The number of halogens is 2. The van der Waals surface area contributed by atoms with Crippen molar-refractivity contribution >= 4 is 27.5 Å². The summed E-state index contributed by atoms with van der Waals surface area (Å²) in [6, 6.07) is 6.57. The molecule has 0 amide bonds. The summed E-state index contributed by atoms with van der Waals surface area (Å²) >= 11 is 9.81. The van der Waals surface area contributed by atoms with Crippen LogP contribution >= 0.6 is 27.5 Å². The lowest BCUT2D eigenvalue weighted by Crippen LogP contribution is -2.21. The summed E-state index contributed by atoms with van der Waals surface area (Å²) in [5, 5.41) is 4.41. The van der Waals surface area contributed by atoms with Crippen LogP contribution in [-0.4, -0.2) is 6.54 Å². The van der Waals surface area contributed by atoms with E-state index in [2.05, 4.69) is 47.2 Å². The van der Waals surface area contributed by atoms with Gasteiger partial charge in [0.25, 0.3) is 0 Å². The van der Waals surface area contributed by atoms with Crippen LogP contribution in [0, 0.1) is 0 Å². The molecule has 1 rings (SSSR count). The van der Waals surface area contributed by atoms with Crippen molar-refractivity contribution in [2.45, 2.75) is 58.4 Å². The third-order valence-electron chi connectivity index (χ3n) is 3.38. The van der Waals surface area contributed by atoms with Gasteiger partial charge < -0.3 is 5.32 Å². The summed E-state index contributed by atoms with van der Waals surface area (Å²) in [7, 11) is 0. The van der Waals surface area contributed by atoms with Crippen molar-refractivity contribution in [2.24, 2.45) is 0 Å². The molecule has 0 radical (unpaired) electrons. The smallest absolute Gasteiger partial charge is 0.0465 e. The molecule has 1 aromatic carbocycles. The van der Waals surface area contributed by atoms with Gasteiger partial charge in [0.15, 0.2) is 0 Å². The largest absolute Gasteiger partial charge is 0.310 e. The molecule has 0 saturated heterocycles. The highest BCUT2D eigenvalue weighted by molar-refractivity contribution is 9.10. The molecule has 0 aliphatic rings. The van der Waals surface area contributed by atoms with E-state index >= 15 is 0 Å². The molecule has 0 fully saturated rings. The Morgan fingerprint density at radius 3 is 2.53 bits per heavy atom. The molecule has 0 saturated carbocycles. The van der Waals surface area contributed by atoms with E-state index < -0.39 is 0 Å². The van der Waals surface area contributed by atoms with E-state index in [0.29, 0.717) is 6.04 Å². The number of rotatable bonds is 9. The van der Waals surface area contributed by atoms with Crippen LogP contribution in [0.3, 0.4) is 0 Å². The normalized spacial score (nSPS) is 12.6. The summed E-state index contributed by atoms with van der Waals surface area (Å²) in [6.45, 7) is 5.38. The van der Waals surface area contributed by atoms with Gasteiger partial charge >= 0.3 is 0 Å². The molecule has 19 heavy (non-hydrogen) atoms. The lowest BCUT2D eigenvalue weighted by molar-refractivity contribution is 0.479. The number of benzene rings is 1. The minimum Gasteiger partial charge on any atom is -0.310 e. The molecule has 0 aliphatic heterocycles. The standard InChI is InChI=1S/C16H25BrClN/c1-3-5-6-7-8-9-16(19-4-2)14-11-10-13(17)12-15(14)18/h10-12,16,19H,3-9H2,1-2H3. The molecule has 0 aliphatic carbocycles. The Hall–Kier alpha value is -0.0500. The van der Waals surface area contributed by atoms with Crippen LogP contribution in [0.15, 0.2) is 22.7 Å². The van der Waals surface area contributed by atoms with Crippen LogP contribution in [0.4, 0.5) is 0 Å². The molecule has 0 aromatic heterocycles. The van der Waals surface area contributed by atoms with Crippen molar-refractivity contribution in [1.82, 2.24) is 5.32 Å². The second-order valence-electron chi connectivity index (χ2n) is 4.98. The second-order valence-corrected chi connectivity index (χ2v) is 6.30. The van der Waals surface area contributed by atoms with Crippen LogP contribution < -0.4 is 5.32 Å². The van der Waals surface area contributed by atoms with Crippen LogP contribution in [0.25, 0.3) is 0 Å². The van der Waals surface area contributed by atoms with Gasteiger partial charge in [0.05, 0.1) is 0 Å². The van der Waals surface area contributed by atoms with Gasteiger partial charge in [0.2, 0.25) is 0 Å². The second kappa shape index (κ2) is 9.79. The van der Waals surface area contributed by atoms with Gasteiger partial charge in [-0.2, -0.15) is 0 Å². The maximum absolute atomic E-state index is 6.35. The van der Waals surface area contributed by atoms with Crippen molar-refractivity contribution in [3.63, 3.8) is 0 Å². The maximum atomic E-state index is 6.35. The zero-order valence-electron chi connectivity index (χ0n) is 12.0. The Morgan fingerprint density at radius 2 is 1.89 bits per heavy atom. The molecule has 0 heterocycles. The summed E-state index contributed by atoms with van der Waals surface area (Å²) in [5.41, 5.74) is 1.22. The van der Waals surface area contributed by atoms with Crippen molar-refractivity contribution < 1.29 is 0 Å². The number of nitrogens with one attached hydrogen (secondary N) is 1. The van der Waals surface area contributed by atoms with E-state index in [9.17, 15) is 0 Å². The predicted octanol–water partition coefficient (Wildman–Crippen LogP) is 6.11. The molecule has 108 valence electrons. The highest BCUT2D eigenvalue weighted by Gasteiger charge is 2.13. The number of hydrogen-bond acceptors (Lipinski definition) is 1. The fraction of sp³-hybridized carbons (Fsp3) is 0.625. The highest BCUT2D eigenvalue weighted by Crippen LogP contribution is 2.29. The predicted molar refractivity (Wildman–Crippen MR) is 88.9 cm³/mol. The third kappa shape index (κ3) is 6.29. The summed E-state index contributed by atoms with van der Waals surface area (Å²) in [4.78, 5) is 0. The first-order valence-corrected chi connectivity index (χ1v) is 8.54. The van der Waals surface area contributed by atoms with Crippen molar-refractivity contribution in [1.29, 1.82) is 0 Å². The molecule has 1 atom stereocenters. The van der Waals surface area contributed by atoms with Crippen molar-refractivity contribution in [3.05, 3.63) is 33.3 Å². The number of hydrogen-bond donors (Lipinski definition) is 1. The van der Waals surface area contributed by atoms with Gasteiger partial charge in [0, 0.05) is 15.5 Å². The zero-order valence-corrected chi connectivity index (χ0v) is 14.4. The van der Waals surface area contributed by atoms with Crippen LogP contribution in [-0.2, 0) is 0 Å². The highest BCUT2D eigenvalue weighted by atomic mass is 79.9. The van der Waals surface area contributed by atoms with E-state index in [4.69, 9.17) is 11.6 Å². The summed E-state index contributed by atoms with van der Waals surface area (Å²) in [6.07, 6.45) is 7.76. The van der Waals surface area contributed by atoms with Gasteiger partial charge in [-0.25, -0.2) is 0 Å². The van der Waals surface area contributed by atoms with E-state index in [1.54, 1.807) is 0 Å². The number of unbranched alkanes of at least 4 members (excludes halogenated alkanes) is 4. The lowest BCUT2D eigenvalue weighted by Gasteiger charge is -2.19. The minimum atomic E-state index is 0.382. The topological polar surface area (TPSA) is 12.0 Å². The van der Waals surface area contributed by atoms with Crippen molar-refractivity contribution in [3.8, 4) is 0 Å². The molecule has 3 heteroatoms. The van der Waals surface area contributed by atoms with E-state index in [1.165, 1.54) is 44.1 Å². The Balaban J connectivity index is 2.55. The molecule has 0 spiro atoms. The first kappa shape index (κ1) is 17.0. The van der Waals surface area contributed by atoms with Gasteiger partial charge in [-0.3, -0.25) is 0 Å². The Labute approximate surface area is 131 Å². The maximum Gasteiger partial charge on any atom is 0.0465 e. The summed E-state index contributed by atoms with van der Waals surface area (Å²) < 4.78 is 1.04. The average Bonchev–Trinajstić information content (AvgIpc) is 2.38. The van der Waals surface area contributed by atoms with E-state index in [0.717, 1.165) is 16.0 Å². The Bertz CT molecular complexity index is 368. The fourth-order valence-electron chi connectivity index (χ4n) is 2.35. The molecule has 0 bridgehead atoms. The molecule has 1 aromatic rings. The van der Waals surface area contributed by atoms with Crippen LogP contribution in [0.2, 0.25) is 5.02 Å². The summed E-state index contributed by atoms with van der Waals surface area (Å²) in [5.74, 6) is 0. The van der Waals surface area contributed by atoms with Gasteiger partial charge in [0.1, 0.15) is 0 Å². The monoisotopic (exact) mass is 345 g/mol. The molecule has 1 nitrogen and oxygen atoms in total. The van der Waals surface area contributed by atoms with Crippen LogP contribution in [0.1, 0.15) is 64.0 Å². The minimum absolute atomic E-state index is 0.382. The van der Waals surface area contributed by atoms with Gasteiger partial charge in [-0.05, 0) is 30.7 Å². The van der Waals surface area contributed by atoms with Crippen LogP contribution in [0.5, 0.6) is 0 Å². The Kier molecular flexibility index (Phi) is 8.76. The zero-order chi connectivity index (χ0) is 14.1. The van der Waals surface area contributed by atoms with Gasteiger partial charge in [-0.15, -0.1) is 0 Å².